The van der Waals surface area contributed by atoms with Gasteiger partial charge in [-0.15, -0.1) is 11.3 Å². The molecule has 1 unspecified atom stereocenters. The first-order valence-electron chi connectivity index (χ1n) is 7.67. The first-order chi connectivity index (χ1) is 11.5. The van der Waals surface area contributed by atoms with Crippen molar-refractivity contribution in [2.45, 2.75) is 10.3 Å². The lowest BCUT2D eigenvalue weighted by atomic mass is 10.1. The SMILES string of the molecule is O=S(=O)(NC(CN1CCOCC1)c1ccccc1)c1ccc(Cl)s1. The molecule has 1 aliphatic rings. The van der Waals surface area contributed by atoms with Crippen LogP contribution in [0.15, 0.2) is 46.7 Å². The van der Waals surface area contributed by atoms with Crippen LogP contribution in [-0.2, 0) is 14.8 Å². The van der Waals surface area contributed by atoms with Crippen LogP contribution in [0.2, 0.25) is 4.34 Å². The summed E-state index contributed by atoms with van der Waals surface area (Å²) in [5.74, 6) is 0. The van der Waals surface area contributed by atoms with Crippen LogP contribution >= 0.6 is 22.9 Å². The average Bonchev–Trinajstić information content (AvgIpc) is 3.03. The zero-order chi connectivity index (χ0) is 17.0. The molecule has 1 fully saturated rings. The third kappa shape index (κ3) is 4.56. The molecule has 0 saturated carbocycles. The fourth-order valence-corrected chi connectivity index (χ4v) is 5.34. The predicted octanol–water partition coefficient (Wildman–Crippen LogP) is 2.75. The van der Waals surface area contributed by atoms with Crippen molar-refractivity contribution in [1.29, 1.82) is 0 Å². The van der Waals surface area contributed by atoms with Crippen LogP contribution in [-0.4, -0.2) is 46.2 Å². The summed E-state index contributed by atoms with van der Waals surface area (Å²) >= 11 is 6.94. The molecule has 1 aromatic heterocycles. The Morgan fingerprint density at radius 1 is 1.17 bits per heavy atom. The van der Waals surface area contributed by atoms with Gasteiger partial charge in [-0.1, -0.05) is 41.9 Å². The Morgan fingerprint density at radius 3 is 2.50 bits per heavy atom. The molecule has 8 heteroatoms. The highest BCUT2D eigenvalue weighted by atomic mass is 35.5. The lowest BCUT2D eigenvalue weighted by Crippen LogP contribution is -2.43. The fourth-order valence-electron chi connectivity index (χ4n) is 2.63. The van der Waals surface area contributed by atoms with Crippen LogP contribution < -0.4 is 4.72 Å². The number of sulfonamides is 1. The Balaban J connectivity index is 1.81. The highest BCUT2D eigenvalue weighted by Crippen LogP contribution is 2.27. The highest BCUT2D eigenvalue weighted by Gasteiger charge is 2.25. The second-order valence-corrected chi connectivity index (χ2v) is 9.21. The van der Waals surface area contributed by atoms with Crippen molar-refractivity contribution in [2.75, 3.05) is 32.8 Å². The van der Waals surface area contributed by atoms with Gasteiger partial charge in [-0.25, -0.2) is 13.1 Å². The van der Waals surface area contributed by atoms with Gasteiger partial charge in [-0.05, 0) is 17.7 Å². The second kappa shape index (κ2) is 7.95. The highest BCUT2D eigenvalue weighted by molar-refractivity contribution is 7.91. The quantitative estimate of drug-likeness (QED) is 0.829. The molecule has 3 rings (SSSR count). The van der Waals surface area contributed by atoms with E-state index in [1.807, 2.05) is 30.3 Å². The summed E-state index contributed by atoms with van der Waals surface area (Å²) in [6.07, 6.45) is 0. The number of benzene rings is 1. The molecule has 1 atom stereocenters. The number of morpholine rings is 1. The molecule has 2 aromatic rings. The number of hydrogen-bond acceptors (Lipinski definition) is 5. The van der Waals surface area contributed by atoms with E-state index in [9.17, 15) is 8.42 Å². The van der Waals surface area contributed by atoms with Crippen molar-refractivity contribution in [3.8, 4) is 0 Å². The minimum absolute atomic E-state index is 0.232. The van der Waals surface area contributed by atoms with Gasteiger partial charge in [0.15, 0.2) is 0 Å². The maximum absolute atomic E-state index is 12.7. The zero-order valence-corrected chi connectivity index (χ0v) is 15.4. The summed E-state index contributed by atoms with van der Waals surface area (Å²) in [7, 11) is -3.61. The predicted molar refractivity (Wildman–Crippen MR) is 96.1 cm³/mol. The molecule has 1 N–H and O–H groups in total. The number of halogens is 1. The van der Waals surface area contributed by atoms with Crippen molar-refractivity contribution in [1.82, 2.24) is 9.62 Å². The van der Waals surface area contributed by atoms with Gasteiger partial charge in [-0.2, -0.15) is 0 Å². The normalized spacial score (nSPS) is 17.7. The first-order valence-corrected chi connectivity index (χ1v) is 10.3. The summed E-state index contributed by atoms with van der Waals surface area (Å²) in [6, 6.07) is 12.4. The zero-order valence-electron chi connectivity index (χ0n) is 13.0. The molecule has 1 aromatic carbocycles. The maximum Gasteiger partial charge on any atom is 0.250 e. The van der Waals surface area contributed by atoms with Crippen LogP contribution in [0.4, 0.5) is 0 Å². The van der Waals surface area contributed by atoms with Gasteiger partial charge >= 0.3 is 0 Å². The molecular weight excluding hydrogens is 368 g/mol. The number of rotatable bonds is 6. The van der Waals surface area contributed by atoms with Crippen LogP contribution in [0.25, 0.3) is 0 Å². The molecule has 5 nitrogen and oxygen atoms in total. The molecule has 0 radical (unpaired) electrons. The summed E-state index contributed by atoms with van der Waals surface area (Å²) in [5.41, 5.74) is 0.940. The number of ether oxygens (including phenoxy) is 1. The molecule has 2 heterocycles. The number of hydrogen-bond donors (Lipinski definition) is 1. The number of nitrogens with one attached hydrogen (secondary N) is 1. The standard InChI is InChI=1S/C16H19ClN2O3S2/c17-15-6-7-16(23-15)24(20,21)18-14(13-4-2-1-3-5-13)12-19-8-10-22-11-9-19/h1-7,14,18H,8-12H2. The smallest absolute Gasteiger partial charge is 0.250 e. The first kappa shape index (κ1) is 17.8. The second-order valence-electron chi connectivity index (χ2n) is 5.56. The Labute approximate surface area is 151 Å². The Hall–Kier alpha value is -0.960. The van der Waals surface area contributed by atoms with E-state index < -0.39 is 10.0 Å². The number of thiophene rings is 1. The molecule has 1 saturated heterocycles. The largest absolute Gasteiger partial charge is 0.379 e. The van der Waals surface area contributed by atoms with Crippen LogP contribution in [0.5, 0.6) is 0 Å². The molecule has 0 spiro atoms. The van der Waals surface area contributed by atoms with Crippen molar-refractivity contribution < 1.29 is 13.2 Å². The van der Waals surface area contributed by atoms with Crippen molar-refractivity contribution in [3.05, 3.63) is 52.4 Å². The van der Waals surface area contributed by atoms with E-state index >= 15 is 0 Å². The average molecular weight is 387 g/mol. The van der Waals surface area contributed by atoms with E-state index in [1.54, 1.807) is 6.07 Å². The molecular formula is C16H19ClN2O3S2. The lowest BCUT2D eigenvalue weighted by molar-refractivity contribution is 0.0345. The molecule has 1 aliphatic heterocycles. The van der Waals surface area contributed by atoms with E-state index in [1.165, 1.54) is 6.07 Å². The van der Waals surface area contributed by atoms with E-state index in [2.05, 4.69) is 9.62 Å². The van der Waals surface area contributed by atoms with Crippen LogP contribution in [0, 0.1) is 0 Å². The molecule has 130 valence electrons. The fraction of sp³-hybridized carbons (Fsp3) is 0.375. The third-order valence-electron chi connectivity index (χ3n) is 3.86. The monoisotopic (exact) mass is 386 g/mol. The van der Waals surface area contributed by atoms with Crippen molar-refractivity contribution in [2.24, 2.45) is 0 Å². The molecule has 0 aliphatic carbocycles. The maximum atomic E-state index is 12.7. The van der Waals surface area contributed by atoms with Crippen LogP contribution in [0.3, 0.4) is 0 Å². The van der Waals surface area contributed by atoms with Crippen LogP contribution in [0.1, 0.15) is 11.6 Å². The Bertz CT molecular complexity index is 759. The topological polar surface area (TPSA) is 58.6 Å². The van der Waals surface area contributed by atoms with Gasteiger partial charge in [0, 0.05) is 19.6 Å². The minimum Gasteiger partial charge on any atom is -0.379 e. The summed E-state index contributed by atoms with van der Waals surface area (Å²) in [6.45, 7) is 3.56. The van der Waals surface area contributed by atoms with Gasteiger partial charge < -0.3 is 4.74 Å². The lowest BCUT2D eigenvalue weighted by Gasteiger charge is -2.30. The molecule has 0 bridgehead atoms. The van der Waals surface area contributed by atoms with E-state index in [4.69, 9.17) is 16.3 Å². The van der Waals surface area contributed by atoms with Crippen molar-refractivity contribution in [3.63, 3.8) is 0 Å². The molecule has 24 heavy (non-hydrogen) atoms. The van der Waals surface area contributed by atoms with E-state index in [-0.39, 0.29) is 10.3 Å². The Kier molecular flexibility index (Phi) is 5.91. The number of nitrogens with zero attached hydrogens (tertiary/aromatic N) is 1. The Morgan fingerprint density at radius 2 is 1.88 bits per heavy atom. The van der Waals surface area contributed by atoms with Crippen molar-refractivity contribution >= 4 is 33.0 Å². The van der Waals surface area contributed by atoms with Gasteiger partial charge in [0.25, 0.3) is 10.0 Å². The van der Waals surface area contributed by atoms with Gasteiger partial charge in [0.1, 0.15) is 4.21 Å². The molecule has 0 amide bonds. The minimum atomic E-state index is -3.61. The van der Waals surface area contributed by atoms with E-state index in [0.717, 1.165) is 30.0 Å². The summed E-state index contributed by atoms with van der Waals surface area (Å²) < 4.78 is 34.2. The summed E-state index contributed by atoms with van der Waals surface area (Å²) in [4.78, 5) is 2.21. The summed E-state index contributed by atoms with van der Waals surface area (Å²) in [5, 5.41) is 0. The van der Waals surface area contributed by atoms with E-state index in [0.29, 0.717) is 24.1 Å². The van der Waals surface area contributed by atoms with Gasteiger partial charge in [0.2, 0.25) is 0 Å². The van der Waals surface area contributed by atoms with Gasteiger partial charge in [-0.3, -0.25) is 4.90 Å². The third-order valence-corrected chi connectivity index (χ3v) is 7.05. The van der Waals surface area contributed by atoms with Gasteiger partial charge in [0.05, 0.1) is 23.6 Å².